The number of benzene rings is 2. The number of hydrogen-bond acceptors (Lipinski definition) is 4. The van der Waals surface area contributed by atoms with Gasteiger partial charge in [-0.3, -0.25) is 4.79 Å². The third-order valence-electron chi connectivity index (χ3n) is 4.62. The second kappa shape index (κ2) is 8.86. The number of hydrogen-bond donors (Lipinski definition) is 2. The zero-order valence-corrected chi connectivity index (χ0v) is 17.5. The Kier molecular flexibility index (Phi) is 6.27. The zero-order chi connectivity index (χ0) is 20.9. The van der Waals surface area contributed by atoms with Gasteiger partial charge in [-0.15, -0.1) is 0 Å². The third-order valence-corrected chi connectivity index (χ3v) is 4.62. The van der Waals surface area contributed by atoms with E-state index in [-0.39, 0.29) is 11.3 Å². The summed E-state index contributed by atoms with van der Waals surface area (Å²) in [5.41, 5.74) is 3.42. The minimum absolute atomic E-state index is 0.0738. The quantitative estimate of drug-likeness (QED) is 0.624. The fourth-order valence-corrected chi connectivity index (χ4v) is 3.19. The fourth-order valence-electron chi connectivity index (χ4n) is 3.19. The summed E-state index contributed by atoms with van der Waals surface area (Å²) in [5, 5.41) is 6.31. The highest BCUT2D eigenvalue weighted by Gasteiger charge is 2.19. The first kappa shape index (κ1) is 20.5. The molecule has 150 valence electrons. The summed E-state index contributed by atoms with van der Waals surface area (Å²) in [6, 6.07) is 19.8. The van der Waals surface area contributed by atoms with Crippen molar-refractivity contribution in [2.45, 2.75) is 39.5 Å². The van der Waals surface area contributed by atoms with Gasteiger partial charge >= 0.3 is 0 Å². The van der Waals surface area contributed by atoms with Gasteiger partial charge in [0.1, 0.15) is 17.3 Å². The summed E-state index contributed by atoms with van der Waals surface area (Å²) >= 11 is 0. The minimum Gasteiger partial charge on any atom is -0.370 e. The minimum atomic E-state index is -0.238. The molecule has 0 radical (unpaired) electrons. The molecule has 0 aliphatic carbocycles. The fraction of sp³-hybridized carbons (Fsp3) is 0.292. The topological polar surface area (TPSA) is 66.9 Å². The number of para-hydroxylation sites is 1. The molecule has 2 aromatic carbocycles. The molecule has 0 unspecified atom stereocenters. The van der Waals surface area contributed by atoms with E-state index in [1.807, 2.05) is 42.5 Å². The lowest BCUT2D eigenvalue weighted by Crippen LogP contribution is -2.20. The summed E-state index contributed by atoms with van der Waals surface area (Å²) in [6.45, 7) is 8.90. The Morgan fingerprint density at radius 3 is 2.38 bits per heavy atom. The molecule has 0 aliphatic heterocycles. The predicted molar refractivity (Wildman–Crippen MR) is 118 cm³/mol. The van der Waals surface area contributed by atoms with E-state index in [0.29, 0.717) is 17.3 Å². The van der Waals surface area contributed by atoms with Gasteiger partial charge in [0.15, 0.2) is 0 Å². The molecule has 3 rings (SSSR count). The maximum absolute atomic E-state index is 12.9. The maximum atomic E-state index is 12.9. The van der Waals surface area contributed by atoms with E-state index in [4.69, 9.17) is 0 Å². The predicted octanol–water partition coefficient (Wildman–Crippen LogP) is 4.99. The first-order chi connectivity index (χ1) is 13.8. The van der Waals surface area contributed by atoms with Crippen molar-refractivity contribution >= 4 is 17.4 Å². The lowest BCUT2D eigenvalue weighted by atomic mass is 9.86. The molecule has 1 heterocycles. The number of rotatable bonds is 6. The highest BCUT2D eigenvalue weighted by atomic mass is 16.1. The SMILES string of the molecule is Cc1nc(NCCc2ccccc2)cc(C(=O)Nc2ccccc2C(C)(C)C)n1. The van der Waals surface area contributed by atoms with Crippen LogP contribution < -0.4 is 10.6 Å². The lowest BCUT2D eigenvalue weighted by Gasteiger charge is -2.23. The number of nitrogens with zero attached hydrogens (tertiary/aromatic N) is 2. The average Bonchev–Trinajstić information content (AvgIpc) is 2.68. The molecule has 0 saturated heterocycles. The van der Waals surface area contributed by atoms with Crippen molar-refractivity contribution < 1.29 is 4.79 Å². The van der Waals surface area contributed by atoms with Crippen molar-refractivity contribution in [3.05, 3.63) is 83.3 Å². The normalized spacial score (nSPS) is 11.2. The van der Waals surface area contributed by atoms with Crippen LogP contribution in [0.15, 0.2) is 60.7 Å². The molecule has 0 bridgehead atoms. The van der Waals surface area contributed by atoms with Crippen molar-refractivity contribution in [3.8, 4) is 0 Å². The molecular weight excluding hydrogens is 360 g/mol. The van der Waals surface area contributed by atoms with Crippen LogP contribution in [0.1, 0.15) is 48.2 Å². The lowest BCUT2D eigenvalue weighted by molar-refractivity contribution is 0.102. The number of aryl methyl sites for hydroxylation is 1. The maximum Gasteiger partial charge on any atom is 0.274 e. The second-order valence-electron chi connectivity index (χ2n) is 8.10. The van der Waals surface area contributed by atoms with Gasteiger partial charge in [-0.2, -0.15) is 0 Å². The molecule has 3 aromatic rings. The van der Waals surface area contributed by atoms with Crippen molar-refractivity contribution in [2.24, 2.45) is 0 Å². The van der Waals surface area contributed by atoms with E-state index < -0.39 is 0 Å². The third kappa shape index (κ3) is 5.64. The van der Waals surface area contributed by atoms with Gasteiger partial charge in [0.25, 0.3) is 5.91 Å². The van der Waals surface area contributed by atoms with Crippen LogP contribution in [0.5, 0.6) is 0 Å². The highest BCUT2D eigenvalue weighted by molar-refractivity contribution is 6.03. The largest absolute Gasteiger partial charge is 0.370 e. The van der Waals surface area contributed by atoms with Crippen LogP contribution in [0.2, 0.25) is 0 Å². The molecular formula is C24H28N4O. The van der Waals surface area contributed by atoms with Gasteiger partial charge < -0.3 is 10.6 Å². The van der Waals surface area contributed by atoms with Gasteiger partial charge in [0, 0.05) is 18.3 Å². The molecule has 1 aromatic heterocycles. The Bertz CT molecular complexity index is 978. The Morgan fingerprint density at radius 1 is 0.966 bits per heavy atom. The number of carbonyl (C=O) groups excluding carboxylic acids is 1. The summed E-state index contributed by atoms with van der Waals surface area (Å²) in [7, 11) is 0. The summed E-state index contributed by atoms with van der Waals surface area (Å²) in [5.74, 6) is 0.977. The number of anilines is 2. The highest BCUT2D eigenvalue weighted by Crippen LogP contribution is 2.29. The van der Waals surface area contributed by atoms with Crippen molar-refractivity contribution in [1.29, 1.82) is 0 Å². The molecule has 2 N–H and O–H groups in total. The molecule has 0 fully saturated rings. The van der Waals surface area contributed by atoms with Gasteiger partial charge in [-0.1, -0.05) is 69.3 Å². The molecule has 0 spiro atoms. The Hall–Kier alpha value is -3.21. The van der Waals surface area contributed by atoms with Crippen LogP contribution in [0.4, 0.5) is 11.5 Å². The van der Waals surface area contributed by atoms with E-state index in [2.05, 4.69) is 53.5 Å². The first-order valence-corrected chi connectivity index (χ1v) is 9.87. The van der Waals surface area contributed by atoms with Crippen LogP contribution in [-0.4, -0.2) is 22.4 Å². The Labute approximate surface area is 172 Å². The summed E-state index contributed by atoms with van der Waals surface area (Å²) in [4.78, 5) is 21.6. The molecule has 29 heavy (non-hydrogen) atoms. The molecule has 0 saturated carbocycles. The van der Waals surface area contributed by atoms with Gasteiger partial charge in [-0.25, -0.2) is 9.97 Å². The summed E-state index contributed by atoms with van der Waals surface area (Å²) in [6.07, 6.45) is 0.879. The van der Waals surface area contributed by atoms with Gasteiger partial charge in [0.05, 0.1) is 0 Å². The zero-order valence-electron chi connectivity index (χ0n) is 17.5. The number of carbonyl (C=O) groups is 1. The van der Waals surface area contributed by atoms with Crippen LogP contribution in [-0.2, 0) is 11.8 Å². The van der Waals surface area contributed by atoms with Crippen LogP contribution in [0.3, 0.4) is 0 Å². The monoisotopic (exact) mass is 388 g/mol. The summed E-state index contributed by atoms with van der Waals surface area (Å²) < 4.78 is 0. The standard InChI is InChI=1S/C24H28N4O/c1-17-26-21(16-22(27-17)25-15-14-18-10-6-5-7-11-18)23(29)28-20-13-9-8-12-19(20)24(2,3)4/h5-13,16H,14-15H2,1-4H3,(H,28,29)(H,25,26,27). The molecule has 0 atom stereocenters. The Balaban J connectivity index is 1.72. The van der Waals surface area contributed by atoms with E-state index in [1.54, 1.807) is 13.0 Å². The van der Waals surface area contributed by atoms with E-state index in [1.165, 1.54) is 5.56 Å². The average molecular weight is 389 g/mol. The number of amides is 1. The van der Waals surface area contributed by atoms with Crippen LogP contribution >= 0.6 is 0 Å². The first-order valence-electron chi connectivity index (χ1n) is 9.87. The van der Waals surface area contributed by atoms with Crippen molar-refractivity contribution in [2.75, 3.05) is 17.2 Å². The molecule has 1 amide bonds. The van der Waals surface area contributed by atoms with E-state index in [9.17, 15) is 4.79 Å². The van der Waals surface area contributed by atoms with Crippen LogP contribution in [0, 0.1) is 6.92 Å². The molecule has 5 heteroatoms. The second-order valence-corrected chi connectivity index (χ2v) is 8.10. The van der Waals surface area contributed by atoms with Crippen LogP contribution in [0.25, 0.3) is 0 Å². The molecule has 5 nitrogen and oxygen atoms in total. The van der Waals surface area contributed by atoms with E-state index >= 15 is 0 Å². The van der Waals surface area contributed by atoms with Crippen molar-refractivity contribution in [3.63, 3.8) is 0 Å². The van der Waals surface area contributed by atoms with E-state index in [0.717, 1.165) is 24.2 Å². The van der Waals surface area contributed by atoms with Crippen molar-refractivity contribution in [1.82, 2.24) is 9.97 Å². The number of nitrogens with one attached hydrogen (secondary N) is 2. The van der Waals surface area contributed by atoms with Gasteiger partial charge in [0.2, 0.25) is 0 Å². The number of aromatic nitrogens is 2. The molecule has 0 aliphatic rings. The Morgan fingerprint density at radius 2 is 1.66 bits per heavy atom. The van der Waals surface area contributed by atoms with Gasteiger partial charge in [-0.05, 0) is 36.0 Å². The smallest absolute Gasteiger partial charge is 0.274 e.